The van der Waals surface area contributed by atoms with Crippen molar-refractivity contribution in [3.8, 4) is 22.9 Å². The number of carbonyl (C=O) groups is 1. The normalized spacial score (nSPS) is 15.2. The number of rotatable bonds is 8. The van der Waals surface area contributed by atoms with Gasteiger partial charge in [-0.1, -0.05) is 24.4 Å². The van der Waals surface area contributed by atoms with Crippen LogP contribution >= 0.6 is 0 Å². The first-order valence-electron chi connectivity index (χ1n) is 11.1. The van der Waals surface area contributed by atoms with Crippen molar-refractivity contribution in [1.29, 1.82) is 0 Å². The van der Waals surface area contributed by atoms with Gasteiger partial charge in [-0.2, -0.15) is 4.98 Å². The van der Waals surface area contributed by atoms with E-state index in [1.165, 1.54) is 0 Å². The van der Waals surface area contributed by atoms with Gasteiger partial charge in [0.25, 0.3) is 11.8 Å². The summed E-state index contributed by atoms with van der Waals surface area (Å²) in [7, 11) is 0. The summed E-state index contributed by atoms with van der Waals surface area (Å²) in [6.45, 7) is 4.81. The maximum atomic E-state index is 13.3. The standard InChI is InChI=1S/C24H28N4O4/c1-3-30-19-9-8-18(16-20(19)31-4-2)22(29)27-24(12-6-5-7-13-24)23-26-21(28-32-23)17-10-14-25-15-11-17/h8-11,14-16H,3-7,12-13H2,1-2H3,(H,27,29). The number of nitrogens with zero attached hydrogens (tertiary/aromatic N) is 3. The van der Waals surface area contributed by atoms with Gasteiger partial charge >= 0.3 is 0 Å². The molecule has 0 unspecified atom stereocenters. The van der Waals surface area contributed by atoms with Crippen LogP contribution in [0.4, 0.5) is 0 Å². The predicted octanol–water partition coefficient (Wildman–Crippen LogP) is 4.52. The monoisotopic (exact) mass is 436 g/mol. The van der Waals surface area contributed by atoms with Gasteiger partial charge in [-0.25, -0.2) is 0 Å². The summed E-state index contributed by atoms with van der Waals surface area (Å²) < 4.78 is 17.0. The zero-order valence-electron chi connectivity index (χ0n) is 18.5. The average molecular weight is 437 g/mol. The van der Waals surface area contributed by atoms with Crippen LogP contribution in [-0.4, -0.2) is 34.2 Å². The predicted molar refractivity (Wildman–Crippen MR) is 119 cm³/mol. The van der Waals surface area contributed by atoms with Gasteiger partial charge in [-0.3, -0.25) is 9.78 Å². The minimum absolute atomic E-state index is 0.209. The number of hydrogen-bond acceptors (Lipinski definition) is 7. The molecule has 0 spiro atoms. The molecule has 8 nitrogen and oxygen atoms in total. The molecule has 1 fully saturated rings. The van der Waals surface area contributed by atoms with Gasteiger partial charge in [0.05, 0.1) is 13.2 Å². The molecule has 0 aliphatic heterocycles. The summed E-state index contributed by atoms with van der Waals surface area (Å²) in [6, 6.07) is 8.89. The van der Waals surface area contributed by atoms with E-state index in [1.54, 1.807) is 30.6 Å². The van der Waals surface area contributed by atoms with Crippen LogP contribution < -0.4 is 14.8 Å². The first-order valence-corrected chi connectivity index (χ1v) is 11.1. The van der Waals surface area contributed by atoms with Gasteiger partial charge in [0, 0.05) is 23.5 Å². The Morgan fingerprint density at radius 1 is 1.03 bits per heavy atom. The number of benzene rings is 1. The quantitative estimate of drug-likeness (QED) is 0.554. The molecule has 0 bridgehead atoms. The van der Waals surface area contributed by atoms with Crippen molar-refractivity contribution in [1.82, 2.24) is 20.4 Å². The number of nitrogens with one attached hydrogen (secondary N) is 1. The number of amides is 1. The van der Waals surface area contributed by atoms with E-state index in [0.717, 1.165) is 37.7 Å². The molecule has 2 heterocycles. The van der Waals surface area contributed by atoms with Crippen LogP contribution in [0.2, 0.25) is 0 Å². The van der Waals surface area contributed by atoms with Crippen LogP contribution in [0.25, 0.3) is 11.4 Å². The Morgan fingerprint density at radius 2 is 1.75 bits per heavy atom. The van der Waals surface area contributed by atoms with Crippen LogP contribution in [0.15, 0.2) is 47.2 Å². The topological polar surface area (TPSA) is 99.4 Å². The molecule has 1 aromatic carbocycles. The Labute approximate surface area is 187 Å². The molecule has 8 heteroatoms. The number of ether oxygens (including phenoxy) is 2. The van der Waals surface area contributed by atoms with E-state index in [-0.39, 0.29) is 5.91 Å². The highest BCUT2D eigenvalue weighted by Crippen LogP contribution is 2.38. The van der Waals surface area contributed by atoms with E-state index in [2.05, 4.69) is 20.4 Å². The zero-order valence-corrected chi connectivity index (χ0v) is 18.5. The first-order chi connectivity index (χ1) is 15.6. The van der Waals surface area contributed by atoms with Crippen LogP contribution in [-0.2, 0) is 5.54 Å². The van der Waals surface area contributed by atoms with Gasteiger partial charge in [0.15, 0.2) is 11.5 Å². The van der Waals surface area contributed by atoms with Crippen LogP contribution in [0.3, 0.4) is 0 Å². The third-order valence-corrected chi connectivity index (χ3v) is 5.64. The average Bonchev–Trinajstić information content (AvgIpc) is 3.33. The van der Waals surface area contributed by atoms with Crippen molar-refractivity contribution < 1.29 is 18.8 Å². The number of aromatic nitrogens is 3. The summed E-state index contributed by atoms with van der Waals surface area (Å²) in [5, 5.41) is 7.36. The second-order valence-corrected chi connectivity index (χ2v) is 7.78. The van der Waals surface area contributed by atoms with Gasteiger partial charge in [-0.05, 0) is 57.0 Å². The summed E-state index contributed by atoms with van der Waals surface area (Å²) in [6.07, 6.45) is 7.91. The molecule has 168 valence electrons. The smallest absolute Gasteiger partial charge is 0.252 e. The Hall–Kier alpha value is -3.42. The van der Waals surface area contributed by atoms with Gasteiger partial charge < -0.3 is 19.3 Å². The van der Waals surface area contributed by atoms with E-state index in [9.17, 15) is 4.79 Å². The second kappa shape index (κ2) is 9.80. The Bertz CT molecular complexity index is 1050. The van der Waals surface area contributed by atoms with E-state index in [4.69, 9.17) is 14.0 Å². The lowest BCUT2D eigenvalue weighted by molar-refractivity contribution is 0.0824. The highest BCUT2D eigenvalue weighted by atomic mass is 16.5. The molecule has 0 radical (unpaired) electrons. The molecule has 0 atom stereocenters. The fourth-order valence-electron chi connectivity index (χ4n) is 4.07. The van der Waals surface area contributed by atoms with Crippen molar-refractivity contribution in [2.24, 2.45) is 0 Å². The van der Waals surface area contributed by atoms with Crippen molar-refractivity contribution >= 4 is 5.91 Å². The van der Waals surface area contributed by atoms with E-state index >= 15 is 0 Å². The van der Waals surface area contributed by atoms with Gasteiger partial charge in [-0.15, -0.1) is 0 Å². The molecule has 1 saturated carbocycles. The van der Waals surface area contributed by atoms with Gasteiger partial charge in [0.1, 0.15) is 5.54 Å². The molecule has 3 aromatic rings. The fourth-order valence-corrected chi connectivity index (χ4v) is 4.07. The van der Waals surface area contributed by atoms with Crippen LogP contribution in [0, 0.1) is 0 Å². The van der Waals surface area contributed by atoms with E-state index < -0.39 is 5.54 Å². The molecule has 1 aliphatic rings. The third kappa shape index (κ3) is 4.59. The lowest BCUT2D eigenvalue weighted by atomic mass is 9.81. The largest absolute Gasteiger partial charge is 0.490 e. The molecular weight excluding hydrogens is 408 g/mol. The summed E-state index contributed by atoms with van der Waals surface area (Å²) >= 11 is 0. The van der Waals surface area contributed by atoms with Crippen LogP contribution in [0.5, 0.6) is 11.5 Å². The maximum Gasteiger partial charge on any atom is 0.252 e. The SMILES string of the molecule is CCOc1ccc(C(=O)NC2(c3nc(-c4ccncc4)no3)CCCCC2)cc1OCC. The number of pyridine rings is 1. The summed E-state index contributed by atoms with van der Waals surface area (Å²) in [5.41, 5.74) is 0.619. The summed E-state index contributed by atoms with van der Waals surface area (Å²) in [4.78, 5) is 22.0. The maximum absolute atomic E-state index is 13.3. The highest BCUT2D eigenvalue weighted by Gasteiger charge is 2.41. The number of carbonyl (C=O) groups excluding carboxylic acids is 1. The molecular formula is C24H28N4O4. The third-order valence-electron chi connectivity index (χ3n) is 5.64. The lowest BCUT2D eigenvalue weighted by Gasteiger charge is -2.34. The molecule has 0 saturated heterocycles. The second-order valence-electron chi connectivity index (χ2n) is 7.78. The van der Waals surface area contributed by atoms with Crippen molar-refractivity contribution in [2.45, 2.75) is 51.5 Å². The Morgan fingerprint density at radius 3 is 2.47 bits per heavy atom. The van der Waals surface area contributed by atoms with Crippen molar-refractivity contribution in [3.63, 3.8) is 0 Å². The number of hydrogen-bond donors (Lipinski definition) is 1. The molecule has 32 heavy (non-hydrogen) atoms. The molecule has 1 aliphatic carbocycles. The van der Waals surface area contributed by atoms with E-state index in [1.807, 2.05) is 26.0 Å². The van der Waals surface area contributed by atoms with E-state index in [0.29, 0.717) is 42.0 Å². The molecule has 1 N–H and O–H groups in total. The van der Waals surface area contributed by atoms with Crippen LogP contribution in [0.1, 0.15) is 62.2 Å². The zero-order chi connectivity index (χ0) is 22.4. The molecule has 2 aromatic heterocycles. The van der Waals surface area contributed by atoms with Crippen molar-refractivity contribution in [2.75, 3.05) is 13.2 Å². The first kappa shape index (κ1) is 21.8. The van der Waals surface area contributed by atoms with Crippen molar-refractivity contribution in [3.05, 3.63) is 54.2 Å². The van der Waals surface area contributed by atoms with Gasteiger partial charge in [0.2, 0.25) is 5.82 Å². The molecule has 1 amide bonds. The Kier molecular flexibility index (Phi) is 6.68. The minimum atomic E-state index is -0.696. The highest BCUT2D eigenvalue weighted by molar-refractivity contribution is 5.95. The lowest BCUT2D eigenvalue weighted by Crippen LogP contribution is -2.47. The fraction of sp³-hybridized carbons (Fsp3) is 0.417. The molecule has 4 rings (SSSR count). The summed E-state index contributed by atoms with van der Waals surface area (Å²) in [5.74, 6) is 1.89. The minimum Gasteiger partial charge on any atom is -0.490 e. The Balaban J connectivity index is 1.61.